The Morgan fingerprint density at radius 1 is 1.10 bits per heavy atom. The second kappa shape index (κ2) is 10.2. The SMILES string of the molecule is CC[NH+](CC)[C@H](CNc1ccc(S(=O)(=O)N2CCOCC2)c[nH+]1)c1ccccc1. The molecule has 0 bridgehead atoms. The van der Waals surface area contributed by atoms with Crippen LogP contribution in [0, 0.1) is 0 Å². The van der Waals surface area contributed by atoms with Crippen LogP contribution < -0.4 is 15.2 Å². The van der Waals surface area contributed by atoms with E-state index in [1.807, 2.05) is 6.07 Å². The largest absolute Gasteiger partial charge is 0.379 e. The fourth-order valence-electron chi connectivity index (χ4n) is 3.76. The molecule has 0 aliphatic carbocycles. The Balaban J connectivity index is 1.69. The molecule has 0 saturated carbocycles. The van der Waals surface area contributed by atoms with E-state index in [0.717, 1.165) is 25.5 Å². The van der Waals surface area contributed by atoms with Crippen LogP contribution in [0.25, 0.3) is 0 Å². The lowest BCUT2D eigenvalue weighted by molar-refractivity contribution is -0.926. The van der Waals surface area contributed by atoms with Gasteiger partial charge in [-0.15, -0.1) is 0 Å². The van der Waals surface area contributed by atoms with Crippen LogP contribution >= 0.6 is 0 Å². The van der Waals surface area contributed by atoms with Crippen molar-refractivity contribution in [3.8, 4) is 0 Å². The van der Waals surface area contributed by atoms with Crippen LogP contribution in [0.5, 0.6) is 0 Å². The van der Waals surface area contributed by atoms with Crippen LogP contribution in [-0.4, -0.2) is 58.7 Å². The van der Waals surface area contributed by atoms with Gasteiger partial charge >= 0.3 is 0 Å². The predicted octanol–water partition coefficient (Wildman–Crippen LogP) is 0.600. The van der Waals surface area contributed by atoms with Gasteiger partial charge in [-0.3, -0.25) is 5.32 Å². The van der Waals surface area contributed by atoms with Crippen LogP contribution in [0.4, 0.5) is 5.82 Å². The third-order valence-electron chi connectivity index (χ3n) is 5.49. The maximum atomic E-state index is 12.7. The molecule has 29 heavy (non-hydrogen) atoms. The third-order valence-corrected chi connectivity index (χ3v) is 7.39. The molecule has 7 nitrogen and oxygen atoms in total. The number of H-pyrrole nitrogens is 1. The summed E-state index contributed by atoms with van der Waals surface area (Å²) in [5.74, 6) is 0.804. The summed E-state index contributed by atoms with van der Waals surface area (Å²) in [5, 5.41) is 3.45. The van der Waals surface area contributed by atoms with Crippen molar-refractivity contribution in [3.63, 3.8) is 0 Å². The molecule has 0 radical (unpaired) electrons. The van der Waals surface area contributed by atoms with Crippen molar-refractivity contribution in [2.24, 2.45) is 0 Å². The van der Waals surface area contributed by atoms with E-state index in [0.29, 0.717) is 32.3 Å². The summed E-state index contributed by atoms with van der Waals surface area (Å²) >= 11 is 0. The van der Waals surface area contributed by atoms with Gasteiger partial charge in [0.1, 0.15) is 17.6 Å². The molecular weight excluding hydrogens is 388 g/mol. The number of sulfonamides is 1. The first-order valence-electron chi connectivity index (χ1n) is 10.3. The summed E-state index contributed by atoms with van der Waals surface area (Å²) in [4.78, 5) is 4.88. The second-order valence-corrected chi connectivity index (χ2v) is 9.10. The highest BCUT2D eigenvalue weighted by molar-refractivity contribution is 7.89. The van der Waals surface area contributed by atoms with Crippen molar-refractivity contribution < 1.29 is 23.0 Å². The number of morpholine rings is 1. The molecule has 1 aliphatic rings. The first-order chi connectivity index (χ1) is 14.1. The van der Waals surface area contributed by atoms with E-state index < -0.39 is 10.0 Å². The van der Waals surface area contributed by atoms with Gasteiger partial charge in [0, 0.05) is 24.7 Å². The monoisotopic (exact) mass is 420 g/mol. The molecule has 0 unspecified atom stereocenters. The zero-order chi connectivity index (χ0) is 20.7. The van der Waals surface area contributed by atoms with Crippen LogP contribution in [0.1, 0.15) is 25.5 Å². The maximum Gasteiger partial charge on any atom is 0.272 e. The Hall–Kier alpha value is -2.00. The van der Waals surface area contributed by atoms with Crippen molar-refractivity contribution in [2.75, 3.05) is 51.3 Å². The first kappa shape index (κ1) is 21.7. The Morgan fingerprint density at radius 3 is 2.38 bits per heavy atom. The van der Waals surface area contributed by atoms with Gasteiger partial charge in [-0.2, -0.15) is 4.31 Å². The van der Waals surface area contributed by atoms with E-state index in [4.69, 9.17) is 4.74 Å². The van der Waals surface area contributed by atoms with Crippen LogP contribution in [-0.2, 0) is 14.8 Å². The zero-order valence-electron chi connectivity index (χ0n) is 17.2. The number of aromatic amines is 1. The average Bonchev–Trinajstić information content (AvgIpc) is 2.78. The number of aromatic nitrogens is 1. The minimum Gasteiger partial charge on any atom is -0.379 e. The quantitative estimate of drug-likeness (QED) is 0.623. The molecule has 1 aromatic carbocycles. The molecule has 158 valence electrons. The number of quaternary nitrogens is 1. The van der Waals surface area contributed by atoms with Gasteiger partial charge in [0.05, 0.1) is 26.3 Å². The Morgan fingerprint density at radius 2 is 1.79 bits per heavy atom. The van der Waals surface area contributed by atoms with E-state index >= 15 is 0 Å². The Kier molecular flexibility index (Phi) is 7.60. The van der Waals surface area contributed by atoms with Crippen LogP contribution in [0.2, 0.25) is 0 Å². The normalized spacial score (nSPS) is 16.7. The summed E-state index contributed by atoms with van der Waals surface area (Å²) in [7, 11) is -3.48. The molecule has 1 saturated heterocycles. The van der Waals surface area contributed by atoms with E-state index in [1.165, 1.54) is 14.8 Å². The summed E-state index contributed by atoms with van der Waals surface area (Å²) < 4.78 is 32.2. The van der Waals surface area contributed by atoms with Gasteiger partial charge in [0.15, 0.2) is 6.04 Å². The number of rotatable bonds is 9. The summed E-state index contributed by atoms with van der Waals surface area (Å²) in [6.07, 6.45) is 1.56. The molecule has 1 aliphatic heterocycles. The van der Waals surface area contributed by atoms with E-state index in [2.05, 4.69) is 48.4 Å². The van der Waals surface area contributed by atoms with Gasteiger partial charge in [-0.25, -0.2) is 13.4 Å². The molecule has 0 spiro atoms. The molecule has 8 heteroatoms. The predicted molar refractivity (Wildman–Crippen MR) is 112 cm³/mol. The molecule has 3 rings (SSSR count). The van der Waals surface area contributed by atoms with Gasteiger partial charge in [-0.05, 0) is 19.9 Å². The van der Waals surface area contributed by atoms with E-state index in [1.54, 1.807) is 18.3 Å². The summed E-state index contributed by atoms with van der Waals surface area (Å²) in [5.41, 5.74) is 1.30. The van der Waals surface area contributed by atoms with Crippen molar-refractivity contribution in [1.82, 2.24) is 4.31 Å². The second-order valence-electron chi connectivity index (χ2n) is 7.16. The number of likely N-dealkylation sites (N-methyl/N-ethyl adjacent to an activating group) is 1. The van der Waals surface area contributed by atoms with Crippen LogP contribution in [0.15, 0.2) is 53.6 Å². The molecule has 2 aromatic rings. The fraction of sp³-hybridized carbons (Fsp3) is 0.476. The fourth-order valence-corrected chi connectivity index (χ4v) is 5.13. The van der Waals surface area contributed by atoms with Crippen molar-refractivity contribution >= 4 is 15.8 Å². The summed E-state index contributed by atoms with van der Waals surface area (Å²) in [6, 6.07) is 14.3. The smallest absolute Gasteiger partial charge is 0.272 e. The van der Waals surface area contributed by atoms with Gasteiger partial charge < -0.3 is 9.64 Å². The van der Waals surface area contributed by atoms with E-state index in [-0.39, 0.29) is 4.90 Å². The van der Waals surface area contributed by atoms with Crippen LogP contribution in [0.3, 0.4) is 0 Å². The van der Waals surface area contributed by atoms with Crippen molar-refractivity contribution in [1.29, 1.82) is 0 Å². The highest BCUT2D eigenvalue weighted by Gasteiger charge is 2.28. The third kappa shape index (κ3) is 5.33. The standard InChI is InChI=1S/C21H30N4O3S/c1-3-24(4-2)20(18-8-6-5-7-9-18)17-23-21-11-10-19(16-22-21)29(26,27)25-12-14-28-15-13-25/h5-11,16,20H,3-4,12-15,17H2,1-2H3,(H,22,23)/p+2/t20-/m1/s1. The van der Waals surface area contributed by atoms with Crippen molar-refractivity contribution in [2.45, 2.75) is 24.8 Å². The number of nitrogens with zero attached hydrogens (tertiary/aromatic N) is 1. The average molecular weight is 421 g/mol. The number of hydrogen-bond acceptors (Lipinski definition) is 4. The molecule has 1 atom stereocenters. The minimum absolute atomic E-state index is 0.277. The highest BCUT2D eigenvalue weighted by Crippen LogP contribution is 2.16. The number of ether oxygens (including phenoxy) is 1. The molecule has 1 aromatic heterocycles. The highest BCUT2D eigenvalue weighted by atomic mass is 32.2. The number of nitrogens with one attached hydrogen (secondary N) is 3. The zero-order valence-corrected chi connectivity index (χ0v) is 18.0. The minimum atomic E-state index is -3.48. The summed E-state index contributed by atoms with van der Waals surface area (Å²) in [6.45, 7) is 8.91. The maximum absolute atomic E-state index is 12.7. The van der Waals surface area contributed by atoms with E-state index in [9.17, 15) is 8.42 Å². The lowest BCUT2D eigenvalue weighted by Gasteiger charge is -2.26. The number of pyridine rings is 1. The molecule has 3 N–H and O–H groups in total. The van der Waals surface area contributed by atoms with Crippen molar-refractivity contribution in [3.05, 3.63) is 54.2 Å². The number of benzene rings is 1. The first-order valence-corrected chi connectivity index (χ1v) is 11.7. The molecule has 2 heterocycles. The topological polar surface area (TPSA) is 77.2 Å². The van der Waals surface area contributed by atoms with Gasteiger partial charge in [0.2, 0.25) is 10.0 Å². The Bertz CT molecular complexity index is 849. The Labute approximate surface area is 173 Å². The molecular formula is C21H32N4O3S+2. The van der Waals surface area contributed by atoms with Gasteiger partial charge in [0.25, 0.3) is 5.82 Å². The molecule has 1 fully saturated rings. The number of anilines is 1. The number of hydrogen-bond donors (Lipinski definition) is 2. The van der Waals surface area contributed by atoms with Gasteiger partial charge in [-0.1, -0.05) is 30.3 Å². The lowest BCUT2D eigenvalue weighted by Crippen LogP contribution is -3.12. The lowest BCUT2D eigenvalue weighted by atomic mass is 10.1. The molecule has 0 amide bonds.